The minimum atomic E-state index is -0.110. The zero-order valence-electron chi connectivity index (χ0n) is 10.4. The van der Waals surface area contributed by atoms with Crippen LogP contribution in [0.1, 0.15) is 37.5 Å². The molecule has 2 aliphatic heterocycles. The summed E-state index contributed by atoms with van der Waals surface area (Å²) in [5, 5.41) is 0. The lowest BCUT2D eigenvalue weighted by molar-refractivity contribution is 0.0939. The van der Waals surface area contributed by atoms with Gasteiger partial charge in [0, 0.05) is 24.6 Å². The molecule has 3 rings (SSSR count). The predicted molar refractivity (Wildman–Crippen MR) is 66.1 cm³/mol. The lowest BCUT2D eigenvalue weighted by Gasteiger charge is -2.21. The lowest BCUT2D eigenvalue weighted by Crippen LogP contribution is -2.26. The highest BCUT2D eigenvalue weighted by molar-refractivity contribution is 5.47. The maximum absolute atomic E-state index is 6.09. The Bertz CT molecular complexity index is 442. The third-order valence-electron chi connectivity index (χ3n) is 3.57. The molecule has 0 aromatic heterocycles. The molecule has 0 spiro atoms. The van der Waals surface area contributed by atoms with Crippen LogP contribution in [0.25, 0.3) is 0 Å². The normalized spacial score (nSPS) is 30.1. The number of para-hydroxylation sites is 1. The van der Waals surface area contributed by atoms with Gasteiger partial charge in [0.05, 0.1) is 0 Å². The summed E-state index contributed by atoms with van der Waals surface area (Å²) >= 11 is 0. The highest BCUT2D eigenvalue weighted by Gasteiger charge is 2.36. The molecule has 0 bridgehead atoms. The fourth-order valence-corrected chi connectivity index (χ4v) is 2.79. The van der Waals surface area contributed by atoms with Gasteiger partial charge in [0.1, 0.15) is 17.5 Å². The highest BCUT2D eigenvalue weighted by atomic mass is 16.5. The fraction of sp³-hybridized carbons (Fsp3) is 0.571. The van der Waals surface area contributed by atoms with E-state index in [1.807, 2.05) is 0 Å². The summed E-state index contributed by atoms with van der Waals surface area (Å²) in [7, 11) is 0. The van der Waals surface area contributed by atoms with Crippen molar-refractivity contribution in [1.29, 1.82) is 0 Å². The van der Waals surface area contributed by atoms with E-state index in [1.165, 1.54) is 5.56 Å². The molecule has 2 N–H and O–H groups in total. The van der Waals surface area contributed by atoms with Crippen molar-refractivity contribution in [1.82, 2.24) is 0 Å². The van der Waals surface area contributed by atoms with E-state index in [2.05, 4.69) is 32.0 Å². The van der Waals surface area contributed by atoms with Gasteiger partial charge in [-0.05, 0) is 25.8 Å². The van der Waals surface area contributed by atoms with Crippen LogP contribution in [0, 0.1) is 0 Å². The van der Waals surface area contributed by atoms with Gasteiger partial charge >= 0.3 is 0 Å². The minimum Gasteiger partial charge on any atom is -0.487 e. The average Bonchev–Trinajstić information content (AvgIpc) is 2.78. The predicted octanol–water partition coefficient (Wildman–Crippen LogP) is 2.19. The Kier molecular flexibility index (Phi) is 2.42. The van der Waals surface area contributed by atoms with Crippen LogP contribution in [0.3, 0.4) is 0 Å². The molecule has 2 atom stereocenters. The van der Waals surface area contributed by atoms with Crippen LogP contribution in [-0.2, 0) is 11.2 Å². The summed E-state index contributed by atoms with van der Waals surface area (Å²) in [5.74, 6) is 1.000. The fourth-order valence-electron chi connectivity index (χ4n) is 2.79. The van der Waals surface area contributed by atoms with E-state index < -0.39 is 0 Å². The Morgan fingerprint density at radius 3 is 2.88 bits per heavy atom. The Morgan fingerprint density at radius 1 is 1.35 bits per heavy atom. The standard InChI is InChI=1S/C14H19NO2/c1-14(2)8-9-4-3-5-10(12(9)17-14)13-11(15)6-7-16-13/h3-5,11,13H,6-8,15H2,1-2H3. The van der Waals surface area contributed by atoms with Gasteiger partial charge in [-0.1, -0.05) is 18.2 Å². The first-order valence-electron chi connectivity index (χ1n) is 6.25. The van der Waals surface area contributed by atoms with Crippen LogP contribution in [0.15, 0.2) is 18.2 Å². The number of hydrogen-bond donors (Lipinski definition) is 1. The lowest BCUT2D eigenvalue weighted by atomic mass is 9.97. The van der Waals surface area contributed by atoms with E-state index >= 15 is 0 Å². The third kappa shape index (κ3) is 1.83. The molecule has 3 heteroatoms. The van der Waals surface area contributed by atoms with Gasteiger partial charge in [0.25, 0.3) is 0 Å². The van der Waals surface area contributed by atoms with E-state index in [1.54, 1.807) is 0 Å². The summed E-state index contributed by atoms with van der Waals surface area (Å²) in [6.07, 6.45) is 1.88. The van der Waals surface area contributed by atoms with Crippen LogP contribution >= 0.6 is 0 Å². The summed E-state index contributed by atoms with van der Waals surface area (Å²) in [4.78, 5) is 0. The average molecular weight is 233 g/mol. The maximum Gasteiger partial charge on any atom is 0.129 e. The smallest absolute Gasteiger partial charge is 0.129 e. The summed E-state index contributed by atoms with van der Waals surface area (Å²) in [6, 6.07) is 6.38. The van der Waals surface area contributed by atoms with Gasteiger partial charge in [-0.2, -0.15) is 0 Å². The minimum absolute atomic E-state index is 0.00106. The van der Waals surface area contributed by atoms with Crippen molar-refractivity contribution in [2.75, 3.05) is 6.61 Å². The quantitative estimate of drug-likeness (QED) is 0.808. The van der Waals surface area contributed by atoms with Gasteiger partial charge in [0.2, 0.25) is 0 Å². The first-order valence-corrected chi connectivity index (χ1v) is 6.25. The first-order chi connectivity index (χ1) is 8.07. The maximum atomic E-state index is 6.09. The SMILES string of the molecule is CC1(C)Cc2cccc(C3OCCC3N)c2O1. The zero-order chi connectivity index (χ0) is 12.0. The van der Waals surface area contributed by atoms with Crippen molar-refractivity contribution in [2.24, 2.45) is 5.73 Å². The van der Waals surface area contributed by atoms with Gasteiger partial charge < -0.3 is 15.2 Å². The van der Waals surface area contributed by atoms with Gasteiger partial charge in [-0.3, -0.25) is 0 Å². The summed E-state index contributed by atoms with van der Waals surface area (Å²) < 4.78 is 11.8. The monoisotopic (exact) mass is 233 g/mol. The van der Waals surface area contributed by atoms with Gasteiger partial charge in [-0.25, -0.2) is 0 Å². The Hall–Kier alpha value is -1.06. The molecule has 0 aliphatic carbocycles. The molecular formula is C14H19NO2. The number of ether oxygens (including phenoxy) is 2. The largest absolute Gasteiger partial charge is 0.487 e. The zero-order valence-corrected chi connectivity index (χ0v) is 10.4. The number of fused-ring (bicyclic) bond motifs is 1. The van der Waals surface area contributed by atoms with Crippen LogP contribution in [0.4, 0.5) is 0 Å². The Labute approximate surface area is 102 Å². The van der Waals surface area contributed by atoms with E-state index in [9.17, 15) is 0 Å². The van der Waals surface area contributed by atoms with Crippen LogP contribution < -0.4 is 10.5 Å². The number of rotatable bonds is 1. The molecule has 3 nitrogen and oxygen atoms in total. The molecule has 0 amide bonds. The van der Waals surface area contributed by atoms with E-state index in [0.29, 0.717) is 0 Å². The molecule has 0 saturated carbocycles. The molecule has 92 valence electrons. The van der Waals surface area contributed by atoms with Crippen molar-refractivity contribution in [2.45, 2.75) is 44.4 Å². The molecule has 1 fully saturated rings. The molecular weight excluding hydrogens is 214 g/mol. The molecule has 2 aliphatic rings. The summed E-state index contributed by atoms with van der Waals surface area (Å²) in [6.45, 7) is 4.98. The van der Waals surface area contributed by atoms with Crippen molar-refractivity contribution < 1.29 is 9.47 Å². The van der Waals surface area contributed by atoms with Gasteiger partial charge in [0.15, 0.2) is 0 Å². The van der Waals surface area contributed by atoms with Crippen molar-refractivity contribution in [3.63, 3.8) is 0 Å². The molecule has 17 heavy (non-hydrogen) atoms. The van der Waals surface area contributed by atoms with Crippen LogP contribution in [-0.4, -0.2) is 18.2 Å². The second kappa shape index (κ2) is 3.72. The molecule has 1 aromatic rings. The topological polar surface area (TPSA) is 44.5 Å². The second-order valence-electron chi connectivity index (χ2n) is 5.62. The number of hydrogen-bond acceptors (Lipinski definition) is 3. The van der Waals surface area contributed by atoms with Crippen LogP contribution in [0.5, 0.6) is 5.75 Å². The second-order valence-corrected chi connectivity index (χ2v) is 5.62. The first kappa shape index (κ1) is 11.1. The molecule has 1 saturated heterocycles. The van der Waals surface area contributed by atoms with Crippen LogP contribution in [0.2, 0.25) is 0 Å². The van der Waals surface area contributed by atoms with E-state index in [0.717, 1.165) is 30.8 Å². The van der Waals surface area contributed by atoms with Crippen molar-refractivity contribution in [3.8, 4) is 5.75 Å². The van der Waals surface area contributed by atoms with Gasteiger partial charge in [-0.15, -0.1) is 0 Å². The summed E-state index contributed by atoms with van der Waals surface area (Å²) in [5.41, 5.74) is 8.38. The molecule has 1 aromatic carbocycles. The molecule has 0 radical (unpaired) electrons. The van der Waals surface area contributed by atoms with Crippen molar-refractivity contribution in [3.05, 3.63) is 29.3 Å². The van der Waals surface area contributed by atoms with E-state index in [-0.39, 0.29) is 17.7 Å². The van der Waals surface area contributed by atoms with Crippen molar-refractivity contribution >= 4 is 0 Å². The third-order valence-corrected chi connectivity index (χ3v) is 3.57. The Morgan fingerprint density at radius 2 is 2.18 bits per heavy atom. The number of nitrogens with two attached hydrogens (primary N) is 1. The Balaban J connectivity index is 2.00. The number of benzene rings is 1. The molecule has 2 unspecified atom stereocenters. The molecule has 2 heterocycles. The highest BCUT2D eigenvalue weighted by Crippen LogP contribution is 2.42. The van der Waals surface area contributed by atoms with E-state index in [4.69, 9.17) is 15.2 Å².